The first-order chi connectivity index (χ1) is 14.0. The summed E-state index contributed by atoms with van der Waals surface area (Å²) >= 11 is 0. The van der Waals surface area contributed by atoms with Crippen molar-refractivity contribution in [2.45, 2.75) is 40.3 Å². The van der Waals surface area contributed by atoms with Crippen LogP contribution in [0.3, 0.4) is 0 Å². The van der Waals surface area contributed by atoms with Crippen molar-refractivity contribution in [3.63, 3.8) is 0 Å². The topological polar surface area (TPSA) is 78.0 Å². The number of halogens is 1. The van der Waals surface area contributed by atoms with E-state index in [9.17, 15) is 4.79 Å². The minimum absolute atomic E-state index is 0. The van der Waals surface area contributed by atoms with Crippen LogP contribution in [0.1, 0.15) is 43.6 Å². The quantitative estimate of drug-likeness (QED) is 0.259. The number of nitrogens with one attached hydrogen (secondary N) is 3. The number of morpholine rings is 1. The summed E-state index contributed by atoms with van der Waals surface area (Å²) in [6.45, 7) is 14.8. The molecule has 30 heavy (non-hydrogen) atoms. The van der Waals surface area contributed by atoms with Crippen molar-refractivity contribution < 1.29 is 9.53 Å². The maximum atomic E-state index is 12.0. The highest BCUT2D eigenvalue weighted by molar-refractivity contribution is 14.0. The summed E-state index contributed by atoms with van der Waals surface area (Å²) in [4.78, 5) is 19.3. The Morgan fingerprint density at radius 1 is 1.13 bits per heavy atom. The minimum Gasteiger partial charge on any atom is -0.379 e. The van der Waals surface area contributed by atoms with Gasteiger partial charge >= 0.3 is 0 Å². The number of carbonyl (C=O) groups is 1. The minimum atomic E-state index is -0.0475. The van der Waals surface area contributed by atoms with Crippen molar-refractivity contribution in [3.05, 3.63) is 35.4 Å². The van der Waals surface area contributed by atoms with E-state index in [4.69, 9.17) is 9.73 Å². The van der Waals surface area contributed by atoms with Gasteiger partial charge in [-0.1, -0.05) is 26.0 Å². The van der Waals surface area contributed by atoms with Crippen LogP contribution in [0.25, 0.3) is 0 Å². The van der Waals surface area contributed by atoms with Gasteiger partial charge in [0.15, 0.2) is 5.96 Å². The van der Waals surface area contributed by atoms with Crippen molar-refractivity contribution in [1.82, 2.24) is 20.9 Å². The Bertz CT molecular complexity index is 663. The molecule has 0 aliphatic carbocycles. The van der Waals surface area contributed by atoms with Crippen LogP contribution in [0.15, 0.2) is 29.3 Å². The number of carbonyl (C=O) groups excluding carboxylic acids is 1. The lowest BCUT2D eigenvalue weighted by Crippen LogP contribution is -2.52. The highest BCUT2D eigenvalue weighted by Gasteiger charge is 2.23. The molecule has 8 heteroatoms. The van der Waals surface area contributed by atoms with Crippen LogP contribution in [0.4, 0.5) is 0 Å². The molecule has 7 nitrogen and oxygen atoms in total. The lowest BCUT2D eigenvalue weighted by atomic mass is 10.0. The molecular weight excluding hydrogens is 493 g/mol. The van der Waals surface area contributed by atoms with Gasteiger partial charge in [0.1, 0.15) is 0 Å². The lowest BCUT2D eigenvalue weighted by Gasteiger charge is -2.37. The molecule has 1 fully saturated rings. The van der Waals surface area contributed by atoms with Gasteiger partial charge in [0.25, 0.3) is 5.91 Å². The van der Waals surface area contributed by atoms with Gasteiger partial charge < -0.3 is 20.7 Å². The zero-order valence-electron chi connectivity index (χ0n) is 18.7. The molecule has 1 heterocycles. The van der Waals surface area contributed by atoms with Crippen molar-refractivity contribution in [3.8, 4) is 0 Å². The predicted octanol–water partition coefficient (Wildman–Crippen LogP) is 2.47. The van der Waals surface area contributed by atoms with E-state index in [1.54, 1.807) is 0 Å². The molecule has 3 N–H and O–H groups in total. The van der Waals surface area contributed by atoms with Crippen molar-refractivity contribution in [2.24, 2.45) is 10.9 Å². The van der Waals surface area contributed by atoms with Gasteiger partial charge in [0.2, 0.25) is 0 Å². The number of rotatable bonds is 9. The number of amides is 1. The van der Waals surface area contributed by atoms with Crippen LogP contribution in [0, 0.1) is 5.92 Å². The van der Waals surface area contributed by atoms with Crippen molar-refractivity contribution in [2.75, 3.05) is 45.9 Å². The zero-order valence-corrected chi connectivity index (χ0v) is 21.1. The Balaban J connectivity index is 0.00000450. The summed E-state index contributed by atoms with van der Waals surface area (Å²) < 4.78 is 5.50. The monoisotopic (exact) mass is 531 g/mol. The third-order valence-electron chi connectivity index (χ3n) is 5.05. The fourth-order valence-corrected chi connectivity index (χ4v) is 3.48. The van der Waals surface area contributed by atoms with Crippen LogP contribution in [0.5, 0.6) is 0 Å². The SMILES string of the molecule is CCNC(=O)c1cccc(CN=C(NCC)NCC(C(C)C)N2CCOCC2)c1.I. The van der Waals surface area contributed by atoms with E-state index in [-0.39, 0.29) is 29.9 Å². The van der Waals surface area contributed by atoms with Crippen LogP contribution in [-0.2, 0) is 11.3 Å². The molecule has 1 saturated heterocycles. The van der Waals surface area contributed by atoms with E-state index in [0.29, 0.717) is 30.6 Å². The van der Waals surface area contributed by atoms with E-state index in [1.165, 1.54) is 0 Å². The number of benzene rings is 1. The number of ether oxygens (including phenoxy) is 1. The highest BCUT2D eigenvalue weighted by atomic mass is 127. The van der Waals surface area contributed by atoms with E-state index >= 15 is 0 Å². The van der Waals surface area contributed by atoms with Gasteiger partial charge in [-0.3, -0.25) is 9.69 Å². The van der Waals surface area contributed by atoms with Gasteiger partial charge in [-0.05, 0) is 37.5 Å². The molecule has 1 unspecified atom stereocenters. The van der Waals surface area contributed by atoms with Crippen LogP contribution >= 0.6 is 24.0 Å². The Labute approximate surface area is 198 Å². The molecule has 0 saturated carbocycles. The average molecular weight is 531 g/mol. The molecule has 1 aliphatic rings. The first-order valence-electron chi connectivity index (χ1n) is 10.8. The van der Waals surface area contributed by atoms with Gasteiger partial charge in [0, 0.05) is 44.3 Å². The van der Waals surface area contributed by atoms with Gasteiger partial charge in [0.05, 0.1) is 19.8 Å². The summed E-state index contributed by atoms with van der Waals surface area (Å²) in [5.74, 6) is 1.29. The Hall–Kier alpha value is -1.39. The van der Waals surface area contributed by atoms with E-state index < -0.39 is 0 Å². The second-order valence-corrected chi connectivity index (χ2v) is 7.60. The standard InChI is InChI=1S/C22H37N5O2.HI/c1-5-23-21(28)19-9-7-8-18(14-19)15-25-22(24-6-2)26-16-20(17(3)4)27-10-12-29-13-11-27;/h7-9,14,17,20H,5-6,10-13,15-16H2,1-4H3,(H,23,28)(H2,24,25,26);1H. The van der Waals surface area contributed by atoms with Crippen LogP contribution in [0.2, 0.25) is 0 Å². The Morgan fingerprint density at radius 3 is 2.47 bits per heavy atom. The second kappa shape index (κ2) is 14.6. The molecule has 1 aliphatic heterocycles. The normalized spacial score (nSPS) is 16.0. The molecule has 1 amide bonds. The molecule has 1 aromatic carbocycles. The molecule has 1 aromatic rings. The molecule has 170 valence electrons. The molecule has 1 atom stereocenters. The summed E-state index contributed by atoms with van der Waals surface area (Å²) in [5, 5.41) is 9.66. The smallest absolute Gasteiger partial charge is 0.251 e. The number of hydrogen-bond acceptors (Lipinski definition) is 4. The van der Waals surface area contributed by atoms with E-state index in [2.05, 4.69) is 41.6 Å². The molecule has 0 bridgehead atoms. The maximum absolute atomic E-state index is 12.0. The first-order valence-corrected chi connectivity index (χ1v) is 10.8. The van der Waals surface area contributed by atoms with E-state index in [1.807, 2.05) is 31.2 Å². The van der Waals surface area contributed by atoms with Gasteiger partial charge in [-0.25, -0.2) is 4.99 Å². The second-order valence-electron chi connectivity index (χ2n) is 7.60. The fourth-order valence-electron chi connectivity index (χ4n) is 3.48. The van der Waals surface area contributed by atoms with Crippen LogP contribution in [-0.4, -0.2) is 68.7 Å². The number of guanidine groups is 1. The Morgan fingerprint density at radius 2 is 1.83 bits per heavy atom. The Kier molecular flexibility index (Phi) is 13.0. The summed E-state index contributed by atoms with van der Waals surface area (Å²) in [6, 6.07) is 8.08. The van der Waals surface area contributed by atoms with Crippen molar-refractivity contribution >= 4 is 35.8 Å². The average Bonchev–Trinajstić information content (AvgIpc) is 2.73. The number of hydrogen-bond donors (Lipinski definition) is 3. The van der Waals surface area contributed by atoms with Gasteiger partial charge in [-0.15, -0.1) is 24.0 Å². The summed E-state index contributed by atoms with van der Waals surface area (Å²) in [7, 11) is 0. The van der Waals surface area contributed by atoms with E-state index in [0.717, 1.165) is 50.9 Å². The number of nitrogens with zero attached hydrogens (tertiary/aromatic N) is 2. The molecule has 0 spiro atoms. The molecule has 0 aromatic heterocycles. The molecular formula is C22H38IN5O2. The predicted molar refractivity (Wildman–Crippen MR) is 134 cm³/mol. The maximum Gasteiger partial charge on any atom is 0.251 e. The number of aliphatic imine (C=N–C) groups is 1. The van der Waals surface area contributed by atoms with Gasteiger partial charge in [-0.2, -0.15) is 0 Å². The first kappa shape index (κ1) is 26.6. The zero-order chi connectivity index (χ0) is 21.1. The third-order valence-corrected chi connectivity index (χ3v) is 5.05. The molecule has 2 rings (SSSR count). The molecule has 0 radical (unpaired) electrons. The van der Waals surface area contributed by atoms with Crippen LogP contribution < -0.4 is 16.0 Å². The van der Waals surface area contributed by atoms with Crippen molar-refractivity contribution in [1.29, 1.82) is 0 Å². The largest absolute Gasteiger partial charge is 0.379 e. The summed E-state index contributed by atoms with van der Waals surface area (Å²) in [6.07, 6.45) is 0. The third kappa shape index (κ3) is 8.77. The summed E-state index contributed by atoms with van der Waals surface area (Å²) in [5.41, 5.74) is 1.68. The lowest BCUT2D eigenvalue weighted by molar-refractivity contribution is 0.00752. The highest BCUT2D eigenvalue weighted by Crippen LogP contribution is 2.12. The fraction of sp³-hybridized carbons (Fsp3) is 0.636.